The van der Waals surface area contributed by atoms with Crippen molar-refractivity contribution in [1.29, 1.82) is 0 Å². The molecule has 0 aliphatic carbocycles. The second-order valence-electron chi connectivity index (χ2n) is 8.17. The van der Waals surface area contributed by atoms with Gasteiger partial charge in [0, 0.05) is 17.7 Å². The minimum absolute atomic E-state index is 0.157. The van der Waals surface area contributed by atoms with Crippen LogP contribution in [0.25, 0.3) is 22.3 Å². The summed E-state index contributed by atoms with van der Waals surface area (Å²) in [5.41, 5.74) is -0.281. The number of aromatic hydroxyl groups is 2. The van der Waals surface area contributed by atoms with Crippen LogP contribution in [0.15, 0.2) is 51.7 Å². The first-order valence-electron chi connectivity index (χ1n) is 10.9. The number of ether oxygens (including phenoxy) is 3. The van der Waals surface area contributed by atoms with E-state index in [0.717, 1.165) is 12.1 Å². The second kappa shape index (κ2) is 10.4. The summed E-state index contributed by atoms with van der Waals surface area (Å²) < 4.78 is 21.3. The number of phenolic OH excluding ortho intramolecular Hbond substituents is 2. The molecule has 1 aliphatic rings. The molecule has 5 atom stereocenters. The number of hydrogen-bond donors (Lipinski definition) is 6. The first kappa shape index (κ1) is 25.9. The maximum atomic E-state index is 12.6. The summed E-state index contributed by atoms with van der Waals surface area (Å²) in [5.74, 6) is -4.69. The molecule has 4 rings (SSSR count). The fraction of sp³-hybridized carbons (Fsp3) is 0.292. The first-order valence-corrected chi connectivity index (χ1v) is 10.9. The van der Waals surface area contributed by atoms with Gasteiger partial charge in [-0.15, -0.1) is 0 Å². The predicted molar refractivity (Wildman–Crippen MR) is 122 cm³/mol. The summed E-state index contributed by atoms with van der Waals surface area (Å²) in [6, 6.07) is 10.8. The summed E-state index contributed by atoms with van der Waals surface area (Å²) in [4.78, 5) is 34.7. The van der Waals surface area contributed by atoms with Crippen molar-refractivity contribution >= 4 is 22.9 Å². The van der Waals surface area contributed by atoms with Crippen LogP contribution in [0.2, 0.25) is 0 Å². The number of benzene rings is 2. The van der Waals surface area contributed by atoms with Crippen LogP contribution in [0, 0.1) is 0 Å². The smallest absolute Gasteiger partial charge is 0.317 e. The number of hydrogen-bond acceptors (Lipinski definition) is 12. The molecular formula is C24H22O13. The maximum Gasteiger partial charge on any atom is 0.317 e. The van der Waals surface area contributed by atoms with E-state index in [1.165, 1.54) is 0 Å². The molecule has 1 aromatic heterocycles. The van der Waals surface area contributed by atoms with Crippen molar-refractivity contribution in [1.82, 2.24) is 0 Å². The number of aliphatic hydroxyl groups is 3. The van der Waals surface area contributed by atoms with E-state index < -0.39 is 78.3 Å². The van der Waals surface area contributed by atoms with E-state index in [1.807, 2.05) is 0 Å². The molecule has 0 spiro atoms. The van der Waals surface area contributed by atoms with E-state index in [-0.39, 0.29) is 16.7 Å². The zero-order valence-corrected chi connectivity index (χ0v) is 18.9. The lowest BCUT2D eigenvalue weighted by Gasteiger charge is -2.39. The molecule has 6 N–H and O–H groups in total. The highest BCUT2D eigenvalue weighted by Crippen LogP contribution is 2.42. The number of aliphatic carboxylic acids is 1. The summed E-state index contributed by atoms with van der Waals surface area (Å²) >= 11 is 0. The molecule has 0 radical (unpaired) electrons. The van der Waals surface area contributed by atoms with Crippen molar-refractivity contribution < 1.29 is 58.9 Å². The number of carbonyl (C=O) groups excluding carboxylic acids is 1. The van der Waals surface area contributed by atoms with Gasteiger partial charge in [0.15, 0.2) is 16.9 Å². The molecular weight excluding hydrogens is 496 g/mol. The van der Waals surface area contributed by atoms with Crippen LogP contribution < -0.4 is 10.2 Å². The van der Waals surface area contributed by atoms with E-state index in [1.54, 1.807) is 30.3 Å². The highest BCUT2D eigenvalue weighted by Gasteiger charge is 2.46. The largest absolute Gasteiger partial charge is 0.504 e. The number of fused-ring (bicyclic) bond motifs is 1. The maximum absolute atomic E-state index is 12.6. The van der Waals surface area contributed by atoms with E-state index in [9.17, 15) is 39.9 Å². The van der Waals surface area contributed by atoms with Crippen LogP contribution >= 0.6 is 0 Å². The lowest BCUT2D eigenvalue weighted by Crippen LogP contribution is -2.60. The Labute approximate surface area is 207 Å². The molecule has 2 aromatic carbocycles. The lowest BCUT2D eigenvalue weighted by molar-refractivity contribution is -0.278. The summed E-state index contributed by atoms with van der Waals surface area (Å²) in [5, 5.41) is 59.9. The normalized spacial score (nSPS) is 23.5. The first-order chi connectivity index (χ1) is 17.6. The van der Waals surface area contributed by atoms with E-state index >= 15 is 0 Å². The number of phenols is 2. The molecule has 0 amide bonds. The summed E-state index contributed by atoms with van der Waals surface area (Å²) in [6.45, 7) is -0.693. The van der Waals surface area contributed by atoms with Gasteiger partial charge in [-0.05, 0) is 0 Å². The SMILES string of the molecule is O=C(O)CC(=O)OCC1O[C@@H](Oc2cc3oc(-c4ccccc4)cc(=O)c3c(O)c2O)C(O)[C@@H](O)[C@@H]1O. The molecule has 37 heavy (non-hydrogen) atoms. The van der Waals surface area contributed by atoms with Crippen LogP contribution in [0.5, 0.6) is 17.2 Å². The number of carboxylic acid groups (broad SMARTS) is 1. The molecule has 2 heterocycles. The molecule has 1 saturated heterocycles. The third-order valence-electron chi connectivity index (χ3n) is 5.61. The fourth-order valence-corrected chi connectivity index (χ4v) is 3.73. The Morgan fingerprint density at radius 2 is 1.65 bits per heavy atom. The molecule has 196 valence electrons. The zero-order valence-electron chi connectivity index (χ0n) is 18.9. The average Bonchev–Trinajstić information content (AvgIpc) is 2.86. The van der Waals surface area contributed by atoms with Gasteiger partial charge in [-0.1, -0.05) is 30.3 Å². The Morgan fingerprint density at radius 3 is 2.32 bits per heavy atom. The van der Waals surface area contributed by atoms with Crippen LogP contribution in [0.4, 0.5) is 0 Å². The van der Waals surface area contributed by atoms with Gasteiger partial charge in [-0.25, -0.2) is 0 Å². The van der Waals surface area contributed by atoms with Gasteiger partial charge >= 0.3 is 11.9 Å². The third kappa shape index (κ3) is 5.34. The third-order valence-corrected chi connectivity index (χ3v) is 5.61. The van der Waals surface area contributed by atoms with Crippen molar-refractivity contribution in [2.75, 3.05) is 6.61 Å². The number of carboxylic acids is 1. The number of aliphatic hydroxyl groups excluding tert-OH is 3. The van der Waals surface area contributed by atoms with Gasteiger partial charge in [-0.3, -0.25) is 14.4 Å². The zero-order chi connectivity index (χ0) is 26.9. The van der Waals surface area contributed by atoms with Crippen molar-refractivity contribution in [3.05, 3.63) is 52.7 Å². The molecule has 0 bridgehead atoms. The van der Waals surface area contributed by atoms with E-state index in [2.05, 4.69) is 0 Å². The average molecular weight is 518 g/mol. The Morgan fingerprint density at radius 1 is 0.946 bits per heavy atom. The van der Waals surface area contributed by atoms with Gasteiger partial charge in [0.25, 0.3) is 0 Å². The number of rotatable bonds is 7. The molecule has 13 heteroatoms. The van der Waals surface area contributed by atoms with Crippen molar-refractivity contribution in [3.8, 4) is 28.6 Å². The Bertz CT molecular complexity index is 1370. The highest BCUT2D eigenvalue weighted by molar-refractivity contribution is 5.90. The highest BCUT2D eigenvalue weighted by atomic mass is 16.7. The lowest BCUT2D eigenvalue weighted by atomic mass is 9.99. The standard InChI is InChI=1S/C24H22O13/c25-11-6-12(10-4-2-1-3-5-10)35-13-7-14(19(29)21(31)18(11)13)36-24-23(33)22(32)20(30)15(37-24)9-34-17(28)8-16(26)27/h1-7,15,20,22-24,29-33H,8-9H2,(H,26,27)/t15?,20-,22+,23?,24-/m1/s1. The Kier molecular flexibility index (Phi) is 7.31. The van der Waals surface area contributed by atoms with Gasteiger partial charge in [0.05, 0.1) is 0 Å². The van der Waals surface area contributed by atoms with Crippen molar-refractivity contribution in [2.24, 2.45) is 0 Å². The van der Waals surface area contributed by atoms with Crippen LogP contribution in [-0.4, -0.2) is 79.9 Å². The molecule has 0 saturated carbocycles. The fourth-order valence-electron chi connectivity index (χ4n) is 3.73. The van der Waals surface area contributed by atoms with Crippen molar-refractivity contribution in [2.45, 2.75) is 37.1 Å². The Hall–Kier alpha value is -4.17. The Balaban J connectivity index is 1.63. The summed E-state index contributed by atoms with van der Waals surface area (Å²) in [6.07, 6.45) is -9.67. The molecule has 2 unspecified atom stereocenters. The van der Waals surface area contributed by atoms with Gasteiger partial charge in [-0.2, -0.15) is 0 Å². The molecule has 1 aliphatic heterocycles. The monoisotopic (exact) mass is 518 g/mol. The molecule has 13 nitrogen and oxygen atoms in total. The second-order valence-corrected chi connectivity index (χ2v) is 8.17. The topological polar surface area (TPSA) is 213 Å². The minimum Gasteiger partial charge on any atom is -0.504 e. The van der Waals surface area contributed by atoms with Gasteiger partial charge in [0.1, 0.15) is 54.2 Å². The van der Waals surface area contributed by atoms with Crippen LogP contribution in [0.1, 0.15) is 6.42 Å². The predicted octanol–water partition coefficient (Wildman–Crippen LogP) is 0.0755. The number of carbonyl (C=O) groups is 2. The molecule has 3 aromatic rings. The minimum atomic E-state index is -1.87. The summed E-state index contributed by atoms with van der Waals surface area (Å²) in [7, 11) is 0. The van der Waals surface area contributed by atoms with E-state index in [4.69, 9.17) is 23.7 Å². The van der Waals surface area contributed by atoms with Crippen LogP contribution in [-0.2, 0) is 19.1 Å². The molecule has 1 fully saturated rings. The van der Waals surface area contributed by atoms with Crippen molar-refractivity contribution in [3.63, 3.8) is 0 Å². The van der Waals surface area contributed by atoms with Gasteiger partial charge < -0.3 is 49.3 Å². The van der Waals surface area contributed by atoms with E-state index in [0.29, 0.717) is 5.56 Å². The number of esters is 1. The van der Waals surface area contributed by atoms with Gasteiger partial charge in [0.2, 0.25) is 12.0 Å². The van der Waals surface area contributed by atoms with Crippen LogP contribution in [0.3, 0.4) is 0 Å². The quantitative estimate of drug-likeness (QED) is 0.139.